The number of carbonyl (C=O) groups excluding carboxylic acids is 1. The van der Waals surface area contributed by atoms with Crippen LogP contribution in [0.25, 0.3) is 0 Å². The summed E-state index contributed by atoms with van der Waals surface area (Å²) in [5, 5.41) is 8.74. The zero-order valence-corrected chi connectivity index (χ0v) is 12.2. The van der Waals surface area contributed by atoms with Crippen molar-refractivity contribution in [1.82, 2.24) is 20.2 Å². The maximum atomic E-state index is 11.5. The number of rotatable bonds is 5. The van der Waals surface area contributed by atoms with Crippen LogP contribution in [0.15, 0.2) is 35.7 Å². The number of hydrogen-bond donors (Lipinski definition) is 2. The Hall–Kier alpha value is -1.86. The lowest BCUT2D eigenvalue weighted by molar-refractivity contribution is -0.122. The number of hydrogen-bond acceptors (Lipinski definition) is 5. The third-order valence-electron chi connectivity index (χ3n) is 3.05. The van der Waals surface area contributed by atoms with Crippen LogP contribution in [0.2, 0.25) is 0 Å². The highest BCUT2D eigenvalue weighted by molar-refractivity contribution is 7.98. The molecule has 0 fully saturated rings. The number of hydrazine groups is 1. The molecule has 0 spiro atoms. The van der Waals surface area contributed by atoms with Gasteiger partial charge in [-0.05, 0) is 18.1 Å². The molecule has 0 aliphatic heterocycles. The summed E-state index contributed by atoms with van der Waals surface area (Å²) >= 11 is 1.62. The van der Waals surface area contributed by atoms with E-state index < -0.39 is 0 Å². The van der Waals surface area contributed by atoms with E-state index in [1.807, 2.05) is 42.8 Å². The summed E-state index contributed by atoms with van der Waals surface area (Å²) in [5.74, 6) is 5.51. The van der Waals surface area contributed by atoms with E-state index in [0.29, 0.717) is 0 Å². The molecule has 1 amide bonds. The molecule has 3 N–H and O–H groups in total. The van der Waals surface area contributed by atoms with Crippen LogP contribution in [0.5, 0.6) is 0 Å². The molecule has 1 aromatic carbocycles. The summed E-state index contributed by atoms with van der Waals surface area (Å²) in [6.45, 7) is 1.82. The number of nitrogens with one attached hydrogen (secondary N) is 1. The predicted molar refractivity (Wildman–Crippen MR) is 77.8 cm³/mol. The average molecular weight is 291 g/mol. The van der Waals surface area contributed by atoms with E-state index in [1.54, 1.807) is 18.1 Å². The minimum atomic E-state index is -0.250. The van der Waals surface area contributed by atoms with Crippen molar-refractivity contribution in [2.75, 3.05) is 0 Å². The molecule has 0 bridgehead atoms. The van der Waals surface area contributed by atoms with Crippen LogP contribution in [0, 0.1) is 0 Å². The number of amides is 1. The van der Waals surface area contributed by atoms with Gasteiger partial charge in [0, 0.05) is 12.8 Å². The minimum Gasteiger partial charge on any atom is -0.312 e. The Labute approximate surface area is 121 Å². The maximum Gasteiger partial charge on any atom is 0.241 e. The number of nitrogens with two attached hydrogens (primary N) is 1. The van der Waals surface area contributed by atoms with E-state index in [0.717, 1.165) is 16.5 Å². The molecule has 0 aliphatic rings. The second kappa shape index (κ2) is 6.53. The van der Waals surface area contributed by atoms with E-state index in [2.05, 4.69) is 15.6 Å². The molecule has 6 nitrogen and oxygen atoms in total. The molecule has 0 radical (unpaired) electrons. The topological polar surface area (TPSA) is 85.8 Å². The van der Waals surface area contributed by atoms with Gasteiger partial charge in [0.05, 0.1) is 5.92 Å². The fraction of sp³-hybridized carbons (Fsp3) is 0.308. The summed E-state index contributed by atoms with van der Waals surface area (Å²) in [7, 11) is 1.92. The Balaban J connectivity index is 1.98. The smallest absolute Gasteiger partial charge is 0.241 e. The van der Waals surface area contributed by atoms with E-state index >= 15 is 0 Å². The lowest BCUT2D eigenvalue weighted by Crippen LogP contribution is -2.33. The van der Waals surface area contributed by atoms with Gasteiger partial charge in [-0.3, -0.25) is 10.2 Å². The molecule has 1 atom stereocenters. The van der Waals surface area contributed by atoms with E-state index in [4.69, 9.17) is 5.84 Å². The van der Waals surface area contributed by atoms with Gasteiger partial charge < -0.3 is 4.57 Å². The third kappa shape index (κ3) is 3.37. The van der Waals surface area contributed by atoms with Crippen molar-refractivity contribution in [2.45, 2.75) is 23.8 Å². The Bertz CT molecular complexity index is 581. The molecular formula is C13H17N5OS. The van der Waals surface area contributed by atoms with Crippen molar-refractivity contribution in [3.63, 3.8) is 0 Å². The molecule has 0 saturated carbocycles. The summed E-state index contributed by atoms with van der Waals surface area (Å²) < 4.78 is 1.88. The van der Waals surface area contributed by atoms with Crippen LogP contribution in [0.3, 0.4) is 0 Å². The Morgan fingerprint density at radius 3 is 2.70 bits per heavy atom. The molecule has 106 valence electrons. The maximum absolute atomic E-state index is 11.5. The predicted octanol–water partition coefficient (Wildman–Crippen LogP) is 1.20. The van der Waals surface area contributed by atoms with Crippen molar-refractivity contribution in [3.05, 3.63) is 41.7 Å². The molecule has 2 rings (SSSR count). The number of thioether (sulfide) groups is 1. The van der Waals surface area contributed by atoms with Crippen LogP contribution >= 0.6 is 11.8 Å². The first-order valence-electron chi connectivity index (χ1n) is 6.18. The standard InChI is InChI=1S/C13H17N5OS/c1-9(12(19)16-14)11-5-3-10(4-6-11)7-20-13-17-15-8-18(13)2/h3-6,8-9H,7,14H2,1-2H3,(H,16,19). The van der Waals surface area contributed by atoms with Crippen LogP contribution in [0.1, 0.15) is 24.0 Å². The number of benzene rings is 1. The quantitative estimate of drug-likeness (QED) is 0.374. The van der Waals surface area contributed by atoms with Crippen LogP contribution < -0.4 is 11.3 Å². The minimum absolute atomic E-state index is 0.189. The Morgan fingerprint density at radius 2 is 2.15 bits per heavy atom. The average Bonchev–Trinajstić information content (AvgIpc) is 2.89. The van der Waals surface area contributed by atoms with Gasteiger partial charge in [0.2, 0.25) is 5.91 Å². The second-order valence-corrected chi connectivity index (χ2v) is 5.43. The second-order valence-electron chi connectivity index (χ2n) is 4.48. The fourth-order valence-electron chi connectivity index (χ4n) is 1.73. The van der Waals surface area contributed by atoms with E-state index in [9.17, 15) is 4.79 Å². The van der Waals surface area contributed by atoms with Gasteiger partial charge in [-0.25, -0.2) is 5.84 Å². The van der Waals surface area contributed by atoms with Crippen molar-refractivity contribution < 1.29 is 4.79 Å². The normalized spacial score (nSPS) is 12.2. The van der Waals surface area contributed by atoms with Crippen molar-refractivity contribution in [3.8, 4) is 0 Å². The van der Waals surface area contributed by atoms with Gasteiger partial charge in [0.15, 0.2) is 5.16 Å². The first-order valence-corrected chi connectivity index (χ1v) is 7.16. The first-order chi connectivity index (χ1) is 9.61. The highest BCUT2D eigenvalue weighted by Crippen LogP contribution is 2.22. The summed E-state index contributed by atoms with van der Waals surface area (Å²) in [5.41, 5.74) is 4.28. The Kier molecular flexibility index (Phi) is 4.75. The van der Waals surface area contributed by atoms with Crippen molar-refractivity contribution >= 4 is 17.7 Å². The fourth-order valence-corrected chi connectivity index (χ4v) is 2.57. The molecule has 20 heavy (non-hydrogen) atoms. The highest BCUT2D eigenvalue weighted by Gasteiger charge is 2.13. The monoisotopic (exact) mass is 291 g/mol. The van der Waals surface area contributed by atoms with Crippen LogP contribution in [-0.2, 0) is 17.6 Å². The SMILES string of the molecule is CC(C(=O)NN)c1ccc(CSc2nncn2C)cc1. The number of aromatic nitrogens is 3. The molecule has 0 aliphatic carbocycles. The zero-order chi connectivity index (χ0) is 14.5. The highest BCUT2D eigenvalue weighted by atomic mass is 32.2. The molecule has 2 aromatic rings. The van der Waals surface area contributed by atoms with Gasteiger partial charge in [0.1, 0.15) is 6.33 Å². The number of carbonyl (C=O) groups is 1. The van der Waals surface area contributed by atoms with Gasteiger partial charge in [-0.15, -0.1) is 10.2 Å². The first kappa shape index (κ1) is 14.5. The summed E-state index contributed by atoms with van der Waals surface area (Å²) in [6.07, 6.45) is 1.68. The largest absolute Gasteiger partial charge is 0.312 e. The lowest BCUT2D eigenvalue weighted by atomic mass is 10.00. The van der Waals surface area contributed by atoms with Crippen molar-refractivity contribution in [2.24, 2.45) is 12.9 Å². The lowest BCUT2D eigenvalue weighted by Gasteiger charge is -2.10. The van der Waals surface area contributed by atoms with Gasteiger partial charge in [-0.1, -0.05) is 36.0 Å². The third-order valence-corrected chi connectivity index (χ3v) is 4.16. The molecule has 0 saturated heterocycles. The van der Waals surface area contributed by atoms with Crippen molar-refractivity contribution in [1.29, 1.82) is 0 Å². The van der Waals surface area contributed by atoms with E-state index in [1.165, 1.54) is 5.56 Å². The zero-order valence-electron chi connectivity index (χ0n) is 11.4. The molecule has 1 heterocycles. The number of nitrogens with zero attached hydrogens (tertiary/aromatic N) is 3. The molecule has 1 unspecified atom stereocenters. The van der Waals surface area contributed by atoms with Gasteiger partial charge in [0.25, 0.3) is 0 Å². The molecule has 7 heteroatoms. The van der Waals surface area contributed by atoms with Gasteiger partial charge >= 0.3 is 0 Å². The summed E-state index contributed by atoms with van der Waals surface area (Å²) in [6, 6.07) is 7.93. The van der Waals surface area contributed by atoms with Gasteiger partial charge in [-0.2, -0.15) is 0 Å². The molecule has 1 aromatic heterocycles. The number of aryl methyl sites for hydroxylation is 1. The Morgan fingerprint density at radius 1 is 1.45 bits per heavy atom. The van der Waals surface area contributed by atoms with E-state index in [-0.39, 0.29) is 11.8 Å². The molecular weight excluding hydrogens is 274 g/mol. The van der Waals surface area contributed by atoms with Crippen LogP contribution in [-0.4, -0.2) is 20.7 Å². The summed E-state index contributed by atoms with van der Waals surface area (Å²) in [4.78, 5) is 11.5. The van der Waals surface area contributed by atoms with Crippen LogP contribution in [0.4, 0.5) is 0 Å².